The van der Waals surface area contributed by atoms with E-state index in [0.717, 1.165) is 11.4 Å². The van der Waals surface area contributed by atoms with Crippen molar-refractivity contribution in [1.82, 2.24) is 0 Å². The Morgan fingerprint density at radius 3 is 1.24 bits per heavy atom. The molecule has 0 bridgehead atoms. The summed E-state index contributed by atoms with van der Waals surface area (Å²) in [6.07, 6.45) is 0. The fourth-order valence-electron chi connectivity index (χ4n) is 12.8. The highest BCUT2D eigenvalue weighted by molar-refractivity contribution is 6.30. The Labute approximate surface area is 407 Å². The molecule has 0 fully saturated rings. The van der Waals surface area contributed by atoms with Crippen LogP contribution in [0.25, 0.3) is 99.4 Å². The molecule has 0 unspecified atom stereocenters. The normalized spacial score (nSPS) is 13.0. The Hall–Kier alpha value is -9.04. The number of nitrogens with zero attached hydrogens (tertiary/aromatic N) is 1. The maximum atomic E-state index is 2.59. The van der Waals surface area contributed by atoms with Gasteiger partial charge < -0.3 is 4.90 Å². The van der Waals surface area contributed by atoms with Gasteiger partial charge in [-0.15, -0.1) is 0 Å². The van der Waals surface area contributed by atoms with Crippen LogP contribution in [0.3, 0.4) is 0 Å². The SMILES string of the molecule is c1ccc(-c2ccc(N(c3ccc4c(c3)C3(c5ccccc5-c5ccccc53)c3ccccc3-4)c3c4c(cc5ccccc35)-c3c-4c(-c4ccccc4)c4ccccc4c3-c3ccccc3)cc2)cc1. The molecule has 0 aliphatic heterocycles. The van der Waals surface area contributed by atoms with Gasteiger partial charge in [0, 0.05) is 27.9 Å². The highest BCUT2D eigenvalue weighted by atomic mass is 15.1. The molecule has 1 heteroatoms. The Morgan fingerprint density at radius 1 is 0.243 bits per heavy atom. The first-order chi connectivity index (χ1) is 34.8. The summed E-state index contributed by atoms with van der Waals surface area (Å²) in [6.45, 7) is 0. The predicted molar refractivity (Wildman–Crippen MR) is 293 cm³/mol. The molecule has 3 aliphatic carbocycles. The molecule has 0 aromatic heterocycles. The van der Waals surface area contributed by atoms with Gasteiger partial charge in [0.15, 0.2) is 0 Å². The minimum Gasteiger partial charge on any atom is -0.309 e. The van der Waals surface area contributed by atoms with Crippen molar-refractivity contribution in [2.45, 2.75) is 5.41 Å². The Balaban J connectivity index is 1.06. The first kappa shape index (κ1) is 39.0. The standard InChI is InChI=1S/C69H43N/c1-4-20-44(21-5-1)45-36-38-49(39-37-45)70(50-40-41-55-54-30-16-19-35-61(54)69(62(55)43-50)59-33-17-14-28-52(59)53-29-15-18-34-60(53)69)68-51-27-11-10-26-48(51)42-58-65-63(46-22-6-2-7-23-46)56-31-12-13-32-57(56)64(67(65)66(58)68)47-24-8-3-9-25-47/h1-43H. The molecule has 0 radical (unpaired) electrons. The summed E-state index contributed by atoms with van der Waals surface area (Å²) in [5, 5.41) is 4.94. The van der Waals surface area contributed by atoms with E-state index in [4.69, 9.17) is 0 Å². The monoisotopic (exact) mass is 885 g/mol. The van der Waals surface area contributed by atoms with Crippen LogP contribution in [-0.2, 0) is 5.41 Å². The van der Waals surface area contributed by atoms with Gasteiger partial charge in [-0.3, -0.25) is 0 Å². The minimum atomic E-state index is -0.488. The van der Waals surface area contributed by atoms with E-state index >= 15 is 0 Å². The van der Waals surface area contributed by atoms with E-state index in [9.17, 15) is 0 Å². The molecule has 0 saturated carbocycles. The van der Waals surface area contributed by atoms with E-state index in [1.54, 1.807) is 0 Å². The maximum Gasteiger partial charge on any atom is 0.0726 e. The number of anilines is 3. The van der Waals surface area contributed by atoms with Crippen LogP contribution < -0.4 is 4.90 Å². The third-order valence-electron chi connectivity index (χ3n) is 15.6. The molecule has 1 spiro atoms. The lowest BCUT2D eigenvalue weighted by atomic mass is 9.69. The summed E-state index contributed by atoms with van der Waals surface area (Å²) in [5.41, 5.74) is 26.0. The van der Waals surface area contributed by atoms with Crippen LogP contribution >= 0.6 is 0 Å². The summed E-state index contributed by atoms with van der Waals surface area (Å²) in [6, 6.07) is 97.4. The Bertz CT molecular complexity index is 4030. The van der Waals surface area contributed by atoms with Crippen molar-refractivity contribution in [3.63, 3.8) is 0 Å². The second-order valence-electron chi connectivity index (χ2n) is 19.0. The molecule has 0 amide bonds. The molecule has 70 heavy (non-hydrogen) atoms. The summed E-state index contributed by atoms with van der Waals surface area (Å²) in [4.78, 5) is 2.59. The first-order valence-corrected chi connectivity index (χ1v) is 24.4. The largest absolute Gasteiger partial charge is 0.309 e. The zero-order chi connectivity index (χ0) is 45.9. The van der Waals surface area contributed by atoms with Crippen molar-refractivity contribution in [3.8, 4) is 77.9 Å². The van der Waals surface area contributed by atoms with E-state index in [1.165, 1.54) is 127 Å². The molecule has 3 aliphatic rings. The molecule has 12 aromatic carbocycles. The van der Waals surface area contributed by atoms with Crippen molar-refractivity contribution in [1.29, 1.82) is 0 Å². The van der Waals surface area contributed by atoms with Gasteiger partial charge in [-0.1, -0.05) is 231 Å². The maximum absolute atomic E-state index is 2.59. The molecular weight excluding hydrogens is 843 g/mol. The lowest BCUT2D eigenvalue weighted by Crippen LogP contribution is -2.26. The van der Waals surface area contributed by atoms with Crippen LogP contribution in [0, 0.1) is 0 Å². The van der Waals surface area contributed by atoms with Gasteiger partial charge in [-0.2, -0.15) is 0 Å². The quantitative estimate of drug-likeness (QED) is 0.161. The third kappa shape index (κ3) is 5.32. The topological polar surface area (TPSA) is 3.24 Å². The fraction of sp³-hybridized carbons (Fsp3) is 0.0145. The summed E-state index contributed by atoms with van der Waals surface area (Å²) in [7, 11) is 0. The first-order valence-electron chi connectivity index (χ1n) is 24.4. The van der Waals surface area contributed by atoms with Crippen LogP contribution in [0.4, 0.5) is 17.1 Å². The summed E-state index contributed by atoms with van der Waals surface area (Å²) >= 11 is 0. The Morgan fingerprint density at radius 2 is 0.671 bits per heavy atom. The average molecular weight is 886 g/mol. The zero-order valence-corrected chi connectivity index (χ0v) is 38.3. The number of benzene rings is 12. The highest BCUT2D eigenvalue weighted by Crippen LogP contribution is 2.66. The summed E-state index contributed by atoms with van der Waals surface area (Å²) in [5.74, 6) is 0. The average Bonchev–Trinajstić information content (AvgIpc) is 3.90. The number of rotatable bonds is 6. The van der Waals surface area contributed by atoms with E-state index in [-0.39, 0.29) is 0 Å². The smallest absolute Gasteiger partial charge is 0.0726 e. The van der Waals surface area contributed by atoms with Crippen molar-refractivity contribution < 1.29 is 0 Å². The van der Waals surface area contributed by atoms with Crippen molar-refractivity contribution in [2.75, 3.05) is 4.90 Å². The number of hydrogen-bond donors (Lipinski definition) is 0. The van der Waals surface area contributed by atoms with Gasteiger partial charge in [0.2, 0.25) is 0 Å². The molecule has 0 N–H and O–H groups in total. The molecule has 12 aromatic rings. The molecular formula is C69H43N. The van der Waals surface area contributed by atoms with Crippen LogP contribution in [0.5, 0.6) is 0 Å². The van der Waals surface area contributed by atoms with Crippen LogP contribution in [0.2, 0.25) is 0 Å². The molecule has 324 valence electrons. The van der Waals surface area contributed by atoms with Gasteiger partial charge in [0.25, 0.3) is 0 Å². The predicted octanol–water partition coefficient (Wildman–Crippen LogP) is 18.5. The fourth-order valence-corrected chi connectivity index (χ4v) is 12.8. The highest BCUT2D eigenvalue weighted by Gasteiger charge is 2.52. The van der Waals surface area contributed by atoms with Crippen molar-refractivity contribution >= 4 is 38.6 Å². The van der Waals surface area contributed by atoms with E-state index in [1.807, 2.05) is 0 Å². The molecule has 0 heterocycles. The number of hydrogen-bond acceptors (Lipinski definition) is 1. The van der Waals surface area contributed by atoms with Gasteiger partial charge in [0.05, 0.1) is 11.1 Å². The van der Waals surface area contributed by atoms with Gasteiger partial charge >= 0.3 is 0 Å². The van der Waals surface area contributed by atoms with E-state index in [0.29, 0.717) is 0 Å². The van der Waals surface area contributed by atoms with Crippen molar-refractivity contribution in [3.05, 3.63) is 283 Å². The number of fused-ring (bicyclic) bond motifs is 16. The second kappa shape index (κ2) is 15.0. The molecule has 0 saturated heterocycles. The van der Waals surface area contributed by atoms with E-state index < -0.39 is 5.41 Å². The van der Waals surface area contributed by atoms with Gasteiger partial charge in [-0.05, 0) is 136 Å². The molecule has 0 atom stereocenters. The van der Waals surface area contributed by atoms with Gasteiger partial charge in [-0.25, -0.2) is 0 Å². The van der Waals surface area contributed by atoms with E-state index in [2.05, 4.69) is 266 Å². The minimum absolute atomic E-state index is 0.488. The third-order valence-corrected chi connectivity index (χ3v) is 15.6. The molecule has 15 rings (SSSR count). The second-order valence-corrected chi connectivity index (χ2v) is 19.0. The lowest BCUT2D eigenvalue weighted by molar-refractivity contribution is 0.793. The van der Waals surface area contributed by atoms with Crippen molar-refractivity contribution in [2.24, 2.45) is 0 Å². The van der Waals surface area contributed by atoms with Gasteiger partial charge in [0.1, 0.15) is 0 Å². The lowest BCUT2D eigenvalue weighted by Gasteiger charge is -2.38. The van der Waals surface area contributed by atoms with Crippen LogP contribution in [0.1, 0.15) is 22.3 Å². The van der Waals surface area contributed by atoms with Crippen LogP contribution in [-0.4, -0.2) is 0 Å². The molecule has 1 nitrogen and oxygen atoms in total. The zero-order valence-electron chi connectivity index (χ0n) is 38.3. The Kier molecular flexibility index (Phi) is 8.35. The summed E-state index contributed by atoms with van der Waals surface area (Å²) < 4.78 is 0. The van der Waals surface area contributed by atoms with Crippen LogP contribution in [0.15, 0.2) is 261 Å².